The first kappa shape index (κ1) is 17.5. The number of aliphatic carboxylic acids is 1. The number of ether oxygens (including phenoxy) is 1. The molecule has 0 fully saturated rings. The minimum absolute atomic E-state index is 0.222. The Hall–Kier alpha value is -2.57. The predicted molar refractivity (Wildman–Crippen MR) is 80.6 cm³/mol. The number of rotatable bonds is 5. The number of carbonyl (C=O) groups is 3. The third kappa shape index (κ3) is 5.43. The highest BCUT2D eigenvalue weighted by atomic mass is 16.6. The molecule has 1 atom stereocenters. The smallest absolute Gasteiger partial charge is 0.408 e. The molecule has 0 spiro atoms. The summed E-state index contributed by atoms with van der Waals surface area (Å²) in [6, 6.07) is 4.95. The van der Waals surface area contributed by atoms with Gasteiger partial charge in [0.2, 0.25) is 0 Å². The number of hydrogen-bond donors (Lipinski definition) is 3. The van der Waals surface area contributed by atoms with Crippen molar-refractivity contribution in [2.75, 3.05) is 5.73 Å². The van der Waals surface area contributed by atoms with Crippen molar-refractivity contribution in [3.63, 3.8) is 0 Å². The Balaban J connectivity index is 2.77. The average molecular weight is 308 g/mol. The number of nitrogens with one attached hydrogen (secondary N) is 1. The van der Waals surface area contributed by atoms with Crippen LogP contribution in [0.5, 0.6) is 0 Å². The summed E-state index contributed by atoms with van der Waals surface area (Å²) < 4.78 is 4.98. The minimum Gasteiger partial charge on any atom is -0.480 e. The number of hydrogen-bond acceptors (Lipinski definition) is 5. The van der Waals surface area contributed by atoms with Crippen LogP contribution in [0.4, 0.5) is 10.5 Å². The van der Waals surface area contributed by atoms with E-state index in [2.05, 4.69) is 5.32 Å². The van der Waals surface area contributed by atoms with Gasteiger partial charge in [0.25, 0.3) is 0 Å². The molecule has 0 bridgehead atoms. The summed E-state index contributed by atoms with van der Waals surface area (Å²) in [6.07, 6.45) is -1.31. The second-order valence-corrected chi connectivity index (χ2v) is 5.75. The van der Waals surface area contributed by atoms with Crippen molar-refractivity contribution in [1.82, 2.24) is 5.32 Å². The molecule has 0 saturated carbocycles. The third-order valence-corrected chi connectivity index (χ3v) is 2.64. The molecule has 0 aliphatic carbocycles. The van der Waals surface area contributed by atoms with Crippen LogP contribution in [-0.2, 0) is 9.53 Å². The minimum atomic E-state index is -1.39. The SMILES string of the molecule is CC(C)(C)OC(=O)NC(CC(=O)c1ccccc1N)C(=O)O. The van der Waals surface area contributed by atoms with Gasteiger partial charge in [-0.15, -0.1) is 0 Å². The first-order valence-electron chi connectivity index (χ1n) is 6.70. The monoisotopic (exact) mass is 308 g/mol. The molecular formula is C15H20N2O5. The van der Waals surface area contributed by atoms with E-state index in [1.54, 1.807) is 39.0 Å². The number of carbonyl (C=O) groups excluding carboxylic acids is 2. The van der Waals surface area contributed by atoms with Gasteiger partial charge in [0, 0.05) is 17.7 Å². The predicted octanol–water partition coefficient (Wildman–Crippen LogP) is 1.82. The Kier molecular flexibility index (Phi) is 5.50. The molecule has 0 radical (unpaired) electrons. The van der Waals surface area contributed by atoms with Crippen LogP contribution >= 0.6 is 0 Å². The van der Waals surface area contributed by atoms with Crippen LogP contribution in [0.15, 0.2) is 24.3 Å². The molecule has 1 aromatic carbocycles. The van der Waals surface area contributed by atoms with Gasteiger partial charge in [-0.25, -0.2) is 9.59 Å². The second kappa shape index (κ2) is 6.93. The molecule has 0 heterocycles. The Morgan fingerprint density at radius 2 is 1.86 bits per heavy atom. The third-order valence-electron chi connectivity index (χ3n) is 2.64. The van der Waals surface area contributed by atoms with Crippen molar-refractivity contribution in [3.8, 4) is 0 Å². The number of Topliss-reactive ketones (excluding diaryl/α,β-unsaturated/α-hetero) is 1. The molecule has 1 unspecified atom stereocenters. The molecule has 7 heteroatoms. The Labute approximate surface area is 128 Å². The Bertz CT molecular complexity index is 578. The van der Waals surface area contributed by atoms with Crippen LogP contribution in [0.25, 0.3) is 0 Å². The molecule has 1 rings (SSSR count). The van der Waals surface area contributed by atoms with E-state index >= 15 is 0 Å². The van der Waals surface area contributed by atoms with Crippen molar-refractivity contribution < 1.29 is 24.2 Å². The largest absolute Gasteiger partial charge is 0.480 e. The van der Waals surface area contributed by atoms with Gasteiger partial charge in [-0.1, -0.05) is 12.1 Å². The summed E-state index contributed by atoms with van der Waals surface area (Å²) in [6.45, 7) is 4.95. The lowest BCUT2D eigenvalue weighted by molar-refractivity contribution is -0.139. The van der Waals surface area contributed by atoms with E-state index in [4.69, 9.17) is 15.6 Å². The fraction of sp³-hybridized carbons (Fsp3) is 0.400. The van der Waals surface area contributed by atoms with E-state index in [1.807, 2.05) is 0 Å². The van der Waals surface area contributed by atoms with Gasteiger partial charge < -0.3 is 20.9 Å². The summed E-state index contributed by atoms with van der Waals surface area (Å²) >= 11 is 0. The number of alkyl carbamates (subject to hydrolysis) is 1. The van der Waals surface area contributed by atoms with Gasteiger partial charge in [0.1, 0.15) is 11.6 Å². The van der Waals surface area contributed by atoms with Crippen molar-refractivity contribution >= 4 is 23.5 Å². The lowest BCUT2D eigenvalue weighted by Gasteiger charge is -2.21. The quantitative estimate of drug-likeness (QED) is 0.564. The average Bonchev–Trinajstić information content (AvgIpc) is 2.35. The van der Waals surface area contributed by atoms with E-state index in [-0.39, 0.29) is 11.3 Å². The van der Waals surface area contributed by atoms with Gasteiger partial charge in [0.15, 0.2) is 5.78 Å². The highest BCUT2D eigenvalue weighted by Crippen LogP contribution is 2.14. The molecule has 0 saturated heterocycles. The number of para-hydroxylation sites is 1. The Morgan fingerprint density at radius 3 is 2.36 bits per heavy atom. The summed E-state index contributed by atoms with van der Waals surface area (Å²) in [5.74, 6) is -1.80. The molecule has 1 aromatic rings. The van der Waals surface area contributed by atoms with Crippen LogP contribution in [0.2, 0.25) is 0 Å². The van der Waals surface area contributed by atoms with Gasteiger partial charge in [-0.3, -0.25) is 4.79 Å². The molecule has 7 nitrogen and oxygen atoms in total. The van der Waals surface area contributed by atoms with Gasteiger partial charge in [-0.2, -0.15) is 0 Å². The van der Waals surface area contributed by atoms with E-state index in [0.29, 0.717) is 0 Å². The van der Waals surface area contributed by atoms with Gasteiger partial charge in [0.05, 0.1) is 0 Å². The number of ketones is 1. The molecule has 1 amide bonds. The van der Waals surface area contributed by atoms with Crippen molar-refractivity contribution in [2.45, 2.75) is 38.8 Å². The van der Waals surface area contributed by atoms with Crippen LogP contribution in [-0.4, -0.2) is 34.6 Å². The molecule has 0 aliphatic rings. The van der Waals surface area contributed by atoms with Crippen LogP contribution in [0.1, 0.15) is 37.6 Å². The maximum atomic E-state index is 12.1. The summed E-state index contributed by atoms with van der Waals surface area (Å²) in [7, 11) is 0. The highest BCUT2D eigenvalue weighted by Gasteiger charge is 2.27. The molecular weight excluding hydrogens is 288 g/mol. The number of carboxylic acids is 1. The zero-order chi connectivity index (χ0) is 16.9. The standard InChI is InChI=1S/C15H20N2O5/c1-15(2,3)22-14(21)17-11(13(19)20)8-12(18)9-6-4-5-7-10(9)16/h4-7,11H,8,16H2,1-3H3,(H,17,21)(H,19,20). The summed E-state index contributed by atoms with van der Waals surface area (Å²) in [5, 5.41) is 11.3. The van der Waals surface area contributed by atoms with Crippen LogP contribution < -0.4 is 11.1 Å². The van der Waals surface area contributed by atoms with Crippen LogP contribution in [0.3, 0.4) is 0 Å². The molecule has 0 aliphatic heterocycles. The molecule has 120 valence electrons. The first-order valence-corrected chi connectivity index (χ1v) is 6.70. The molecule has 4 N–H and O–H groups in total. The maximum absolute atomic E-state index is 12.1. The lowest BCUT2D eigenvalue weighted by Crippen LogP contribution is -2.44. The summed E-state index contributed by atoms with van der Waals surface area (Å²) in [4.78, 5) is 34.9. The first-order chi connectivity index (χ1) is 10.1. The molecule has 22 heavy (non-hydrogen) atoms. The number of benzene rings is 1. The van der Waals surface area contributed by atoms with E-state index in [1.165, 1.54) is 6.07 Å². The lowest BCUT2D eigenvalue weighted by atomic mass is 10.0. The van der Waals surface area contributed by atoms with Crippen molar-refractivity contribution in [1.29, 1.82) is 0 Å². The topological polar surface area (TPSA) is 119 Å². The number of nitrogen functional groups attached to an aromatic ring is 1. The van der Waals surface area contributed by atoms with E-state index in [0.717, 1.165) is 0 Å². The fourth-order valence-corrected chi connectivity index (χ4v) is 1.70. The number of nitrogens with two attached hydrogens (primary N) is 1. The molecule has 0 aromatic heterocycles. The zero-order valence-corrected chi connectivity index (χ0v) is 12.8. The maximum Gasteiger partial charge on any atom is 0.408 e. The highest BCUT2D eigenvalue weighted by molar-refractivity contribution is 6.03. The number of amides is 1. The second-order valence-electron chi connectivity index (χ2n) is 5.75. The summed E-state index contributed by atoms with van der Waals surface area (Å²) in [5.41, 5.74) is 5.39. The van der Waals surface area contributed by atoms with Gasteiger partial charge in [-0.05, 0) is 32.9 Å². The van der Waals surface area contributed by atoms with Crippen LogP contribution in [0, 0.1) is 0 Å². The zero-order valence-electron chi connectivity index (χ0n) is 12.8. The number of carboxylic acid groups (broad SMARTS) is 1. The Morgan fingerprint density at radius 1 is 1.27 bits per heavy atom. The fourth-order valence-electron chi connectivity index (χ4n) is 1.70. The van der Waals surface area contributed by atoms with E-state index < -0.39 is 35.9 Å². The normalized spacial score (nSPS) is 12.3. The van der Waals surface area contributed by atoms with Gasteiger partial charge >= 0.3 is 12.1 Å². The number of anilines is 1. The van der Waals surface area contributed by atoms with E-state index in [9.17, 15) is 14.4 Å². The van der Waals surface area contributed by atoms with Crippen molar-refractivity contribution in [3.05, 3.63) is 29.8 Å². The van der Waals surface area contributed by atoms with Crippen molar-refractivity contribution in [2.24, 2.45) is 0 Å².